The molecule has 0 atom stereocenters. The highest BCUT2D eigenvalue weighted by Gasteiger charge is 2.26. The van der Waals surface area contributed by atoms with E-state index in [0.717, 1.165) is 5.69 Å². The number of carbonyl (C=O) groups excluding carboxylic acids is 1. The van der Waals surface area contributed by atoms with Gasteiger partial charge in [0.05, 0.1) is 0 Å². The van der Waals surface area contributed by atoms with E-state index in [1.54, 1.807) is 11.0 Å². The lowest BCUT2D eigenvalue weighted by Gasteiger charge is -2.37. The van der Waals surface area contributed by atoms with Crippen molar-refractivity contribution < 1.29 is 13.9 Å². The van der Waals surface area contributed by atoms with Crippen molar-refractivity contribution in [3.05, 3.63) is 29.6 Å². The molecule has 1 aliphatic heterocycles. The standard InChI is InChI=1S/C16H24FN3O2/c1-16(2,3)22-15(21)20-9-7-19(8-10-20)14-6-4-5-13(17)12(14)11-18/h4-6H,7-11,18H2,1-3H3. The largest absolute Gasteiger partial charge is 0.444 e. The van der Waals surface area contributed by atoms with Crippen molar-refractivity contribution in [2.45, 2.75) is 32.9 Å². The molecule has 0 aromatic heterocycles. The summed E-state index contributed by atoms with van der Waals surface area (Å²) in [4.78, 5) is 15.8. The van der Waals surface area contributed by atoms with Crippen LogP contribution in [0, 0.1) is 5.82 Å². The van der Waals surface area contributed by atoms with E-state index >= 15 is 0 Å². The monoisotopic (exact) mass is 309 g/mol. The lowest BCUT2D eigenvalue weighted by molar-refractivity contribution is 0.0240. The molecule has 0 radical (unpaired) electrons. The van der Waals surface area contributed by atoms with Gasteiger partial charge in [0.2, 0.25) is 0 Å². The summed E-state index contributed by atoms with van der Waals surface area (Å²) in [7, 11) is 0. The Kier molecular flexibility index (Phi) is 4.90. The number of piperazine rings is 1. The number of amides is 1. The second-order valence-corrected chi connectivity index (χ2v) is 6.40. The van der Waals surface area contributed by atoms with E-state index in [2.05, 4.69) is 4.90 Å². The molecule has 1 heterocycles. The van der Waals surface area contributed by atoms with Crippen LogP contribution in [0.5, 0.6) is 0 Å². The Morgan fingerprint density at radius 2 is 1.91 bits per heavy atom. The molecule has 0 aliphatic carbocycles. The topological polar surface area (TPSA) is 58.8 Å². The van der Waals surface area contributed by atoms with Crippen LogP contribution in [0.3, 0.4) is 0 Å². The van der Waals surface area contributed by atoms with Gasteiger partial charge in [-0.1, -0.05) is 6.07 Å². The Hall–Kier alpha value is -1.82. The molecule has 0 unspecified atom stereocenters. The van der Waals surface area contributed by atoms with Crippen molar-refractivity contribution in [2.24, 2.45) is 5.73 Å². The van der Waals surface area contributed by atoms with E-state index in [9.17, 15) is 9.18 Å². The summed E-state index contributed by atoms with van der Waals surface area (Å²) in [6.45, 7) is 8.08. The normalized spacial score (nSPS) is 15.9. The van der Waals surface area contributed by atoms with Gasteiger partial charge in [-0.15, -0.1) is 0 Å². The van der Waals surface area contributed by atoms with Gasteiger partial charge >= 0.3 is 6.09 Å². The summed E-state index contributed by atoms with van der Waals surface area (Å²) in [5.41, 5.74) is 6.49. The molecule has 122 valence electrons. The van der Waals surface area contributed by atoms with Crippen molar-refractivity contribution in [2.75, 3.05) is 31.1 Å². The molecule has 0 bridgehead atoms. The minimum Gasteiger partial charge on any atom is -0.444 e. The Morgan fingerprint density at radius 1 is 1.27 bits per heavy atom. The average Bonchev–Trinajstić information content (AvgIpc) is 2.45. The van der Waals surface area contributed by atoms with E-state index in [1.165, 1.54) is 6.07 Å². The number of rotatable bonds is 2. The minimum absolute atomic E-state index is 0.161. The summed E-state index contributed by atoms with van der Waals surface area (Å²) < 4.78 is 19.2. The maximum atomic E-state index is 13.8. The van der Waals surface area contributed by atoms with Gasteiger partial charge in [0.25, 0.3) is 0 Å². The van der Waals surface area contributed by atoms with Crippen molar-refractivity contribution >= 4 is 11.8 Å². The molecule has 1 aromatic rings. The first-order valence-corrected chi connectivity index (χ1v) is 7.52. The highest BCUT2D eigenvalue weighted by molar-refractivity contribution is 5.68. The molecule has 1 aliphatic rings. The Morgan fingerprint density at radius 3 is 2.45 bits per heavy atom. The molecule has 0 spiro atoms. The quantitative estimate of drug-likeness (QED) is 0.911. The van der Waals surface area contributed by atoms with Crippen molar-refractivity contribution in [1.29, 1.82) is 0 Å². The summed E-state index contributed by atoms with van der Waals surface area (Å²) in [5.74, 6) is -0.283. The van der Waals surface area contributed by atoms with E-state index in [1.807, 2.05) is 26.8 Å². The third-order valence-electron chi connectivity index (χ3n) is 3.57. The zero-order valence-corrected chi connectivity index (χ0v) is 13.4. The Balaban J connectivity index is 2.01. The number of ether oxygens (including phenoxy) is 1. The Labute approximate surface area is 130 Å². The number of benzene rings is 1. The molecule has 2 rings (SSSR count). The van der Waals surface area contributed by atoms with E-state index < -0.39 is 5.60 Å². The van der Waals surface area contributed by atoms with Crippen molar-refractivity contribution in [1.82, 2.24) is 4.90 Å². The lowest BCUT2D eigenvalue weighted by Crippen LogP contribution is -2.50. The highest BCUT2D eigenvalue weighted by Crippen LogP contribution is 2.24. The minimum atomic E-state index is -0.497. The number of hydrogen-bond donors (Lipinski definition) is 1. The van der Waals surface area contributed by atoms with Crippen LogP contribution in [0.15, 0.2) is 18.2 Å². The fourth-order valence-corrected chi connectivity index (χ4v) is 2.50. The maximum Gasteiger partial charge on any atom is 0.410 e. The highest BCUT2D eigenvalue weighted by atomic mass is 19.1. The maximum absolute atomic E-state index is 13.8. The molecule has 6 heteroatoms. The van der Waals surface area contributed by atoms with Crippen LogP contribution in [0.1, 0.15) is 26.3 Å². The van der Waals surface area contributed by atoms with Gasteiger partial charge in [-0.3, -0.25) is 0 Å². The van der Waals surface area contributed by atoms with Crippen molar-refractivity contribution in [3.8, 4) is 0 Å². The first kappa shape index (κ1) is 16.5. The van der Waals surface area contributed by atoms with Crippen LogP contribution >= 0.6 is 0 Å². The van der Waals surface area contributed by atoms with Gasteiger partial charge < -0.3 is 20.3 Å². The van der Waals surface area contributed by atoms with Gasteiger partial charge in [0.15, 0.2) is 0 Å². The average molecular weight is 309 g/mol. The van der Waals surface area contributed by atoms with Gasteiger partial charge in [-0.25, -0.2) is 9.18 Å². The molecule has 2 N–H and O–H groups in total. The molecule has 0 saturated carbocycles. The summed E-state index contributed by atoms with van der Waals surface area (Å²) in [6.07, 6.45) is -0.301. The van der Waals surface area contributed by atoms with Crippen molar-refractivity contribution in [3.63, 3.8) is 0 Å². The van der Waals surface area contributed by atoms with Crippen LogP contribution in [-0.4, -0.2) is 42.8 Å². The van der Waals surface area contributed by atoms with Crippen LogP contribution in [0.2, 0.25) is 0 Å². The number of carbonyl (C=O) groups is 1. The molecule has 1 saturated heterocycles. The Bertz CT molecular complexity index is 535. The van der Waals surface area contributed by atoms with E-state index in [-0.39, 0.29) is 18.5 Å². The van der Waals surface area contributed by atoms with Gasteiger partial charge in [0.1, 0.15) is 11.4 Å². The van der Waals surface area contributed by atoms with Crippen LogP contribution < -0.4 is 10.6 Å². The predicted molar refractivity (Wildman–Crippen MR) is 84.3 cm³/mol. The number of nitrogens with two attached hydrogens (primary N) is 1. The number of anilines is 1. The zero-order chi connectivity index (χ0) is 16.3. The van der Waals surface area contributed by atoms with Crippen LogP contribution in [0.4, 0.5) is 14.9 Å². The number of halogens is 1. The fourth-order valence-electron chi connectivity index (χ4n) is 2.50. The second kappa shape index (κ2) is 6.52. The van der Waals surface area contributed by atoms with Gasteiger partial charge in [0, 0.05) is 44.0 Å². The SMILES string of the molecule is CC(C)(C)OC(=O)N1CCN(c2cccc(F)c2CN)CC1. The van der Waals surface area contributed by atoms with Crippen LogP contribution in [-0.2, 0) is 11.3 Å². The number of hydrogen-bond acceptors (Lipinski definition) is 4. The molecule has 1 amide bonds. The fraction of sp³-hybridized carbons (Fsp3) is 0.562. The smallest absolute Gasteiger partial charge is 0.410 e. The van der Waals surface area contributed by atoms with E-state index in [4.69, 9.17) is 10.5 Å². The predicted octanol–water partition coefficient (Wildman–Crippen LogP) is 2.34. The molecule has 22 heavy (non-hydrogen) atoms. The summed E-state index contributed by atoms with van der Waals surface area (Å²) in [6, 6.07) is 4.97. The van der Waals surface area contributed by atoms with Crippen LogP contribution in [0.25, 0.3) is 0 Å². The molecule has 1 fully saturated rings. The molecule has 5 nitrogen and oxygen atoms in total. The third kappa shape index (κ3) is 3.88. The van der Waals surface area contributed by atoms with Gasteiger partial charge in [-0.2, -0.15) is 0 Å². The molecular formula is C16H24FN3O2. The summed E-state index contributed by atoms with van der Waals surface area (Å²) >= 11 is 0. The molecule has 1 aromatic carbocycles. The number of nitrogens with zero attached hydrogens (tertiary/aromatic N) is 2. The lowest BCUT2D eigenvalue weighted by atomic mass is 10.1. The molecular weight excluding hydrogens is 285 g/mol. The second-order valence-electron chi connectivity index (χ2n) is 6.40. The van der Waals surface area contributed by atoms with E-state index in [0.29, 0.717) is 31.7 Å². The third-order valence-corrected chi connectivity index (χ3v) is 3.57. The van der Waals surface area contributed by atoms with Gasteiger partial charge in [-0.05, 0) is 32.9 Å². The zero-order valence-electron chi connectivity index (χ0n) is 13.4. The summed E-state index contributed by atoms with van der Waals surface area (Å²) in [5, 5.41) is 0. The first-order chi connectivity index (χ1) is 10.3. The first-order valence-electron chi connectivity index (χ1n) is 7.52.